The van der Waals surface area contributed by atoms with Crippen LogP contribution in [0.2, 0.25) is 0 Å². The highest BCUT2D eigenvalue weighted by molar-refractivity contribution is 5.71. The SMILES string of the molecule is CC(C)OC(=O)CNC(C)c1ccncc1. The number of ether oxygens (including phenoxy) is 1. The fraction of sp³-hybridized carbons (Fsp3) is 0.500. The lowest BCUT2D eigenvalue weighted by molar-refractivity contribution is -0.146. The molecule has 0 bridgehead atoms. The molecule has 1 aromatic rings. The molecule has 0 saturated carbocycles. The highest BCUT2D eigenvalue weighted by Crippen LogP contribution is 2.09. The van der Waals surface area contributed by atoms with Crippen LogP contribution in [0.15, 0.2) is 24.5 Å². The average molecular weight is 222 g/mol. The van der Waals surface area contributed by atoms with E-state index >= 15 is 0 Å². The van der Waals surface area contributed by atoms with Crippen LogP contribution in [0.3, 0.4) is 0 Å². The molecule has 1 aromatic heterocycles. The summed E-state index contributed by atoms with van der Waals surface area (Å²) in [7, 11) is 0. The van der Waals surface area contributed by atoms with Crippen LogP contribution in [-0.4, -0.2) is 23.6 Å². The van der Waals surface area contributed by atoms with Gasteiger partial charge in [0, 0.05) is 18.4 Å². The first-order chi connectivity index (χ1) is 7.59. The zero-order valence-corrected chi connectivity index (χ0v) is 9.93. The maximum Gasteiger partial charge on any atom is 0.320 e. The van der Waals surface area contributed by atoms with E-state index in [-0.39, 0.29) is 24.7 Å². The van der Waals surface area contributed by atoms with E-state index in [1.807, 2.05) is 32.9 Å². The van der Waals surface area contributed by atoms with Gasteiger partial charge in [-0.05, 0) is 38.5 Å². The maximum absolute atomic E-state index is 11.3. The monoisotopic (exact) mass is 222 g/mol. The summed E-state index contributed by atoms with van der Waals surface area (Å²) in [5.74, 6) is -0.226. The van der Waals surface area contributed by atoms with Crippen molar-refractivity contribution < 1.29 is 9.53 Å². The highest BCUT2D eigenvalue weighted by Gasteiger charge is 2.09. The first-order valence-electron chi connectivity index (χ1n) is 5.42. The molecule has 0 aliphatic rings. The van der Waals surface area contributed by atoms with Crippen molar-refractivity contribution in [1.29, 1.82) is 0 Å². The molecule has 1 unspecified atom stereocenters. The normalized spacial score (nSPS) is 12.5. The number of rotatable bonds is 5. The lowest BCUT2D eigenvalue weighted by Gasteiger charge is -2.14. The van der Waals surface area contributed by atoms with Crippen molar-refractivity contribution in [2.24, 2.45) is 0 Å². The Morgan fingerprint density at radius 1 is 1.38 bits per heavy atom. The van der Waals surface area contributed by atoms with Crippen LogP contribution in [-0.2, 0) is 9.53 Å². The van der Waals surface area contributed by atoms with Crippen molar-refractivity contribution in [3.05, 3.63) is 30.1 Å². The molecule has 16 heavy (non-hydrogen) atoms. The first-order valence-corrected chi connectivity index (χ1v) is 5.42. The molecule has 0 spiro atoms. The van der Waals surface area contributed by atoms with Crippen LogP contribution in [0.5, 0.6) is 0 Å². The van der Waals surface area contributed by atoms with Gasteiger partial charge in [0.15, 0.2) is 0 Å². The summed E-state index contributed by atoms with van der Waals surface area (Å²) in [4.78, 5) is 15.2. The third-order valence-corrected chi connectivity index (χ3v) is 2.13. The lowest BCUT2D eigenvalue weighted by atomic mass is 10.1. The molecule has 0 aromatic carbocycles. The van der Waals surface area contributed by atoms with E-state index in [1.54, 1.807) is 12.4 Å². The molecule has 1 heterocycles. The molecule has 0 aliphatic heterocycles. The number of hydrogen-bond acceptors (Lipinski definition) is 4. The predicted octanol–water partition coefficient (Wildman–Crippen LogP) is 1.68. The summed E-state index contributed by atoms with van der Waals surface area (Å²) in [6.45, 7) is 5.90. The second-order valence-electron chi connectivity index (χ2n) is 3.92. The Hall–Kier alpha value is -1.42. The van der Waals surface area contributed by atoms with E-state index < -0.39 is 0 Å². The van der Waals surface area contributed by atoms with Crippen LogP contribution in [0.1, 0.15) is 32.4 Å². The fourth-order valence-corrected chi connectivity index (χ4v) is 1.31. The Kier molecular flexibility index (Phi) is 4.92. The van der Waals surface area contributed by atoms with Crippen molar-refractivity contribution >= 4 is 5.97 Å². The number of esters is 1. The minimum absolute atomic E-state index is 0.0643. The third kappa shape index (κ3) is 4.40. The number of aromatic nitrogens is 1. The zero-order chi connectivity index (χ0) is 12.0. The molecule has 0 amide bonds. The number of nitrogens with one attached hydrogen (secondary N) is 1. The van der Waals surface area contributed by atoms with Gasteiger partial charge < -0.3 is 10.1 Å². The first kappa shape index (κ1) is 12.6. The summed E-state index contributed by atoms with van der Waals surface area (Å²) in [5, 5.41) is 3.10. The van der Waals surface area contributed by atoms with Crippen LogP contribution < -0.4 is 5.32 Å². The summed E-state index contributed by atoms with van der Waals surface area (Å²) in [6.07, 6.45) is 3.41. The highest BCUT2D eigenvalue weighted by atomic mass is 16.5. The van der Waals surface area contributed by atoms with Gasteiger partial charge in [0.25, 0.3) is 0 Å². The van der Waals surface area contributed by atoms with Crippen LogP contribution >= 0.6 is 0 Å². The molecular formula is C12H18N2O2. The molecule has 1 N–H and O–H groups in total. The zero-order valence-electron chi connectivity index (χ0n) is 9.93. The van der Waals surface area contributed by atoms with Crippen LogP contribution in [0.4, 0.5) is 0 Å². The average Bonchev–Trinajstić information content (AvgIpc) is 2.26. The van der Waals surface area contributed by atoms with Gasteiger partial charge in [-0.15, -0.1) is 0 Å². The lowest BCUT2D eigenvalue weighted by Crippen LogP contribution is -2.28. The van der Waals surface area contributed by atoms with Crippen LogP contribution in [0, 0.1) is 0 Å². The molecule has 88 valence electrons. The van der Waals surface area contributed by atoms with E-state index in [1.165, 1.54) is 0 Å². The van der Waals surface area contributed by atoms with E-state index in [2.05, 4.69) is 10.3 Å². The third-order valence-electron chi connectivity index (χ3n) is 2.13. The van der Waals surface area contributed by atoms with Crippen molar-refractivity contribution in [2.45, 2.75) is 32.9 Å². The summed E-state index contributed by atoms with van der Waals surface area (Å²) in [5.41, 5.74) is 1.10. The predicted molar refractivity (Wildman–Crippen MR) is 61.9 cm³/mol. The van der Waals surface area contributed by atoms with Gasteiger partial charge in [0.05, 0.1) is 12.6 Å². The summed E-state index contributed by atoms with van der Waals surface area (Å²) < 4.78 is 5.02. The number of carbonyl (C=O) groups excluding carboxylic acids is 1. The van der Waals surface area contributed by atoms with Gasteiger partial charge in [-0.3, -0.25) is 9.78 Å². The molecule has 0 aliphatic carbocycles. The molecule has 1 rings (SSSR count). The fourth-order valence-electron chi connectivity index (χ4n) is 1.31. The van der Waals surface area contributed by atoms with Crippen molar-refractivity contribution in [1.82, 2.24) is 10.3 Å². The Labute approximate surface area is 96.0 Å². The number of pyridine rings is 1. The quantitative estimate of drug-likeness (QED) is 0.770. The molecule has 4 heteroatoms. The van der Waals surface area contributed by atoms with E-state index in [0.29, 0.717) is 0 Å². The number of nitrogens with zero attached hydrogens (tertiary/aromatic N) is 1. The topological polar surface area (TPSA) is 51.2 Å². The van der Waals surface area contributed by atoms with Gasteiger partial charge in [-0.1, -0.05) is 0 Å². The Balaban J connectivity index is 2.36. The van der Waals surface area contributed by atoms with Gasteiger partial charge in [-0.2, -0.15) is 0 Å². The van der Waals surface area contributed by atoms with Gasteiger partial charge in [0.1, 0.15) is 0 Å². The van der Waals surface area contributed by atoms with E-state index in [0.717, 1.165) is 5.56 Å². The number of carbonyl (C=O) groups is 1. The maximum atomic E-state index is 11.3. The Bertz CT molecular complexity index is 325. The standard InChI is InChI=1S/C12H18N2O2/c1-9(2)16-12(15)8-14-10(3)11-4-6-13-7-5-11/h4-7,9-10,14H,8H2,1-3H3. The van der Waals surface area contributed by atoms with E-state index in [4.69, 9.17) is 4.74 Å². The minimum atomic E-state index is -0.226. The minimum Gasteiger partial charge on any atom is -0.462 e. The molecule has 0 radical (unpaired) electrons. The molecule has 0 fully saturated rings. The molecular weight excluding hydrogens is 204 g/mol. The van der Waals surface area contributed by atoms with Gasteiger partial charge >= 0.3 is 5.97 Å². The summed E-state index contributed by atoms with van der Waals surface area (Å²) >= 11 is 0. The van der Waals surface area contributed by atoms with Crippen molar-refractivity contribution in [3.63, 3.8) is 0 Å². The second-order valence-corrected chi connectivity index (χ2v) is 3.92. The molecule has 4 nitrogen and oxygen atoms in total. The molecule has 1 atom stereocenters. The smallest absolute Gasteiger partial charge is 0.320 e. The van der Waals surface area contributed by atoms with Gasteiger partial charge in [-0.25, -0.2) is 0 Å². The van der Waals surface area contributed by atoms with Gasteiger partial charge in [0.2, 0.25) is 0 Å². The Morgan fingerprint density at radius 3 is 2.56 bits per heavy atom. The van der Waals surface area contributed by atoms with Crippen molar-refractivity contribution in [2.75, 3.05) is 6.54 Å². The second kappa shape index (κ2) is 6.23. The Morgan fingerprint density at radius 2 is 2.00 bits per heavy atom. The molecule has 0 saturated heterocycles. The van der Waals surface area contributed by atoms with Crippen molar-refractivity contribution in [3.8, 4) is 0 Å². The largest absolute Gasteiger partial charge is 0.462 e. The summed E-state index contributed by atoms with van der Waals surface area (Å²) in [6, 6.07) is 3.96. The van der Waals surface area contributed by atoms with E-state index in [9.17, 15) is 4.79 Å². The van der Waals surface area contributed by atoms with Crippen LogP contribution in [0.25, 0.3) is 0 Å². The number of hydrogen-bond donors (Lipinski definition) is 1.